The summed E-state index contributed by atoms with van der Waals surface area (Å²) in [6.45, 7) is 3.56. The van der Waals surface area contributed by atoms with Crippen molar-refractivity contribution in [2.75, 3.05) is 51.1 Å². The highest BCUT2D eigenvalue weighted by molar-refractivity contribution is 7.99. The van der Waals surface area contributed by atoms with E-state index >= 15 is 0 Å². The molecule has 2 unspecified atom stereocenters. The van der Waals surface area contributed by atoms with Gasteiger partial charge >= 0.3 is 0 Å². The van der Waals surface area contributed by atoms with Crippen molar-refractivity contribution in [1.29, 1.82) is 0 Å². The normalized spacial score (nSPS) is 20.7. The van der Waals surface area contributed by atoms with Crippen molar-refractivity contribution in [1.82, 2.24) is 19.9 Å². The van der Waals surface area contributed by atoms with Crippen LogP contribution in [0.5, 0.6) is 0 Å². The molecule has 5 heterocycles. The highest BCUT2D eigenvalue weighted by atomic mass is 32.2. The van der Waals surface area contributed by atoms with Gasteiger partial charge in [-0.1, -0.05) is 24.3 Å². The van der Waals surface area contributed by atoms with Gasteiger partial charge in [0.15, 0.2) is 0 Å². The second-order valence-corrected chi connectivity index (χ2v) is 12.2. The summed E-state index contributed by atoms with van der Waals surface area (Å²) in [6.07, 6.45) is 2.21. The summed E-state index contributed by atoms with van der Waals surface area (Å²) in [5.41, 5.74) is 5.82. The molecule has 1 aliphatic heterocycles. The van der Waals surface area contributed by atoms with Gasteiger partial charge in [0.1, 0.15) is 0 Å². The molecule has 9 heteroatoms. The topological polar surface area (TPSA) is 79.3 Å². The molecule has 0 radical (unpaired) electrons. The molecule has 7 nitrogen and oxygen atoms in total. The van der Waals surface area contributed by atoms with Crippen molar-refractivity contribution in [2.24, 2.45) is 0 Å². The largest absolute Gasteiger partial charge is 0.378 e. The first-order valence-electron chi connectivity index (χ1n) is 14.2. The quantitative estimate of drug-likeness (QED) is 0.229. The standard InChI is InChI=1S/C32H34N4O3S2/c1-5-25-23-13-14-24(23)26-6-2-8-28(34-26)30-10-4-12-32(36-30)41-22-20-39-18-16-37-15-17-38-19-21-40-31-11-3-9-29(35-31)27(7-1)33-25/h1-12,23-24H,13-22H2. The summed E-state index contributed by atoms with van der Waals surface area (Å²) in [5, 5.41) is 1.95. The third-order valence-electron chi connectivity index (χ3n) is 7.25. The minimum absolute atomic E-state index is 0.342. The van der Waals surface area contributed by atoms with Crippen LogP contribution in [-0.2, 0) is 14.2 Å². The van der Waals surface area contributed by atoms with E-state index in [-0.39, 0.29) is 0 Å². The van der Waals surface area contributed by atoms with Crippen LogP contribution in [0.1, 0.15) is 36.1 Å². The first kappa shape index (κ1) is 28.3. The minimum Gasteiger partial charge on any atom is -0.378 e. The highest BCUT2D eigenvalue weighted by Crippen LogP contribution is 2.48. The first-order valence-corrected chi connectivity index (χ1v) is 16.2. The molecule has 0 saturated heterocycles. The SMILES string of the molecule is c1cc2nc(c1)-c1cccc(n1)C1CCC1c1cccc(n1)-c1cccc(n1)SCCOCCOCCOCCS2. The fraction of sp³-hybridized carbons (Fsp3) is 0.375. The smallest absolute Gasteiger partial charge is 0.0968 e. The molecule has 2 atom stereocenters. The zero-order chi connectivity index (χ0) is 27.7. The fourth-order valence-electron chi connectivity index (χ4n) is 5.04. The molecule has 0 spiro atoms. The summed E-state index contributed by atoms with van der Waals surface area (Å²) >= 11 is 3.39. The molecule has 8 bridgehead atoms. The van der Waals surface area contributed by atoms with Crippen molar-refractivity contribution in [3.8, 4) is 22.8 Å². The number of nitrogens with zero attached hydrogens (tertiary/aromatic N) is 4. The molecule has 6 rings (SSSR count). The zero-order valence-corrected chi connectivity index (χ0v) is 24.6. The van der Waals surface area contributed by atoms with Gasteiger partial charge in [0.05, 0.1) is 72.5 Å². The summed E-state index contributed by atoms with van der Waals surface area (Å²) in [6, 6.07) is 24.9. The summed E-state index contributed by atoms with van der Waals surface area (Å²) in [4.78, 5) is 19.9. The Hall–Kier alpha value is -2.82. The molecule has 4 aromatic rings. The predicted molar refractivity (Wildman–Crippen MR) is 164 cm³/mol. The molecule has 1 fully saturated rings. The Morgan fingerprint density at radius 1 is 0.463 bits per heavy atom. The van der Waals surface area contributed by atoms with Gasteiger partial charge in [0.2, 0.25) is 0 Å². The van der Waals surface area contributed by atoms with Crippen LogP contribution in [-0.4, -0.2) is 71.1 Å². The number of hydrogen-bond donors (Lipinski definition) is 0. The third-order valence-corrected chi connectivity index (χ3v) is 9.03. The Morgan fingerprint density at radius 3 is 1.29 bits per heavy atom. The van der Waals surface area contributed by atoms with Crippen LogP contribution < -0.4 is 0 Å². The van der Waals surface area contributed by atoms with Gasteiger partial charge in [-0.05, 0) is 61.4 Å². The lowest BCUT2D eigenvalue weighted by Crippen LogP contribution is -2.24. The van der Waals surface area contributed by atoms with Crippen LogP contribution in [0.4, 0.5) is 0 Å². The molecular formula is C32H34N4O3S2. The van der Waals surface area contributed by atoms with Crippen LogP contribution in [0, 0.1) is 0 Å². The van der Waals surface area contributed by atoms with E-state index in [1.54, 1.807) is 23.5 Å². The summed E-state index contributed by atoms with van der Waals surface area (Å²) in [5.74, 6) is 2.35. The van der Waals surface area contributed by atoms with Gasteiger partial charge in [-0.15, -0.1) is 23.5 Å². The van der Waals surface area contributed by atoms with E-state index < -0.39 is 0 Å². The van der Waals surface area contributed by atoms with E-state index in [4.69, 9.17) is 34.1 Å². The molecule has 212 valence electrons. The minimum atomic E-state index is 0.342. The fourth-order valence-corrected chi connectivity index (χ4v) is 6.53. The number of aromatic nitrogens is 4. The number of hydrogen-bond acceptors (Lipinski definition) is 9. The Labute approximate surface area is 249 Å². The van der Waals surface area contributed by atoms with Crippen LogP contribution in [0.2, 0.25) is 0 Å². The molecule has 0 N–H and O–H groups in total. The van der Waals surface area contributed by atoms with Crippen LogP contribution in [0.3, 0.4) is 0 Å². The van der Waals surface area contributed by atoms with Crippen molar-refractivity contribution < 1.29 is 14.2 Å². The molecule has 0 amide bonds. The van der Waals surface area contributed by atoms with Crippen LogP contribution in [0.15, 0.2) is 82.8 Å². The van der Waals surface area contributed by atoms with Crippen LogP contribution in [0.25, 0.3) is 22.8 Å². The number of pyridine rings is 4. The van der Waals surface area contributed by atoms with E-state index in [2.05, 4.69) is 48.5 Å². The highest BCUT2D eigenvalue weighted by Gasteiger charge is 2.35. The Morgan fingerprint density at radius 2 is 0.854 bits per heavy atom. The number of rotatable bonds is 0. The Kier molecular flexibility index (Phi) is 9.93. The average molecular weight is 587 g/mol. The zero-order valence-electron chi connectivity index (χ0n) is 23.0. The van der Waals surface area contributed by atoms with Crippen molar-refractivity contribution >= 4 is 23.5 Å². The monoisotopic (exact) mass is 586 g/mol. The van der Waals surface area contributed by atoms with Gasteiger partial charge < -0.3 is 14.2 Å². The van der Waals surface area contributed by atoms with E-state index in [9.17, 15) is 0 Å². The average Bonchev–Trinajstić information content (AvgIpc) is 2.99. The molecular weight excluding hydrogens is 553 g/mol. The van der Waals surface area contributed by atoms with Crippen molar-refractivity contribution in [3.63, 3.8) is 0 Å². The molecule has 2 aliphatic rings. The van der Waals surface area contributed by atoms with E-state index in [0.29, 0.717) is 51.5 Å². The van der Waals surface area contributed by atoms with E-state index in [0.717, 1.165) is 68.6 Å². The van der Waals surface area contributed by atoms with Gasteiger partial charge in [0.25, 0.3) is 0 Å². The number of fused-ring (bicyclic) bond motifs is 13. The van der Waals surface area contributed by atoms with Gasteiger partial charge in [-0.3, -0.25) is 9.97 Å². The number of ether oxygens (including phenoxy) is 3. The summed E-state index contributed by atoms with van der Waals surface area (Å²) in [7, 11) is 0. The first-order chi connectivity index (χ1) is 20.3. The molecule has 4 aromatic heterocycles. The molecule has 1 saturated carbocycles. The van der Waals surface area contributed by atoms with Gasteiger partial charge in [0, 0.05) is 34.7 Å². The lowest BCUT2D eigenvalue weighted by molar-refractivity contribution is 0.0205. The van der Waals surface area contributed by atoms with Crippen molar-refractivity contribution in [3.05, 3.63) is 84.2 Å². The molecule has 41 heavy (non-hydrogen) atoms. The maximum absolute atomic E-state index is 5.74. The van der Waals surface area contributed by atoms with Crippen LogP contribution >= 0.6 is 23.5 Å². The Balaban J connectivity index is 1.23. The van der Waals surface area contributed by atoms with Gasteiger partial charge in [-0.2, -0.15) is 0 Å². The van der Waals surface area contributed by atoms with Crippen molar-refractivity contribution in [2.45, 2.75) is 34.7 Å². The second-order valence-electron chi connectivity index (χ2n) is 9.94. The molecule has 0 aromatic carbocycles. The van der Waals surface area contributed by atoms with Gasteiger partial charge in [-0.25, -0.2) is 9.97 Å². The number of thioether (sulfide) groups is 2. The lowest BCUT2D eigenvalue weighted by atomic mass is 9.70. The Bertz CT molecular complexity index is 1330. The van der Waals surface area contributed by atoms with E-state index in [1.165, 1.54) is 0 Å². The maximum atomic E-state index is 5.74. The summed E-state index contributed by atoms with van der Waals surface area (Å²) < 4.78 is 17.1. The van der Waals surface area contributed by atoms with E-state index in [1.807, 2.05) is 24.3 Å². The lowest BCUT2D eigenvalue weighted by Gasteiger charge is -2.36. The second kappa shape index (κ2) is 14.4. The predicted octanol–water partition coefficient (Wildman–Crippen LogP) is 6.51. The third kappa shape index (κ3) is 7.53. The maximum Gasteiger partial charge on any atom is 0.0968 e. The molecule has 1 aliphatic carbocycles.